The molecule has 0 N–H and O–H groups in total. The number of hydrogen-bond acceptors (Lipinski definition) is 3. The molecule has 6 heteroatoms. The van der Waals surface area contributed by atoms with Gasteiger partial charge in [-0.2, -0.15) is 0 Å². The predicted molar refractivity (Wildman–Crippen MR) is 222 cm³/mol. The maximum atomic E-state index is 6.71. The third-order valence-electron chi connectivity index (χ3n) is 10.9. The number of imidazole rings is 1. The van der Waals surface area contributed by atoms with Crippen LogP contribution >= 0.6 is 0 Å². The highest BCUT2D eigenvalue weighted by Crippen LogP contribution is 2.40. The van der Waals surface area contributed by atoms with Crippen LogP contribution in [0.3, 0.4) is 0 Å². The van der Waals surface area contributed by atoms with Gasteiger partial charge in [0, 0.05) is 62.7 Å². The topological polar surface area (TPSA) is 49.3 Å². The fourth-order valence-corrected chi connectivity index (χ4v) is 8.38. The molecule has 5 heterocycles. The molecule has 54 heavy (non-hydrogen) atoms. The molecular weight excluding hydrogens is 663 g/mol. The minimum atomic E-state index is -0.00127. The minimum absolute atomic E-state index is 0.00127. The zero-order valence-electron chi connectivity index (χ0n) is 30.2. The summed E-state index contributed by atoms with van der Waals surface area (Å²) in [5.74, 6) is 2.40. The third-order valence-corrected chi connectivity index (χ3v) is 10.9. The molecule has 5 aromatic heterocycles. The van der Waals surface area contributed by atoms with Crippen LogP contribution in [0.1, 0.15) is 26.3 Å². The van der Waals surface area contributed by atoms with Gasteiger partial charge in [0.2, 0.25) is 0 Å². The third kappa shape index (κ3) is 4.53. The van der Waals surface area contributed by atoms with Gasteiger partial charge in [-0.05, 0) is 95.2 Å². The Hall–Kier alpha value is -6.92. The number of aromatic nitrogens is 5. The number of fused-ring (bicyclic) bond motifs is 12. The maximum Gasteiger partial charge on any atom is 0.145 e. The highest BCUT2D eigenvalue weighted by molar-refractivity contribution is 6.19. The van der Waals surface area contributed by atoms with Crippen molar-refractivity contribution >= 4 is 70.9 Å². The van der Waals surface area contributed by atoms with Gasteiger partial charge in [0.05, 0.1) is 27.6 Å². The summed E-state index contributed by atoms with van der Waals surface area (Å²) in [5.41, 5.74) is 8.91. The molecule has 0 unspecified atom stereocenters. The second kappa shape index (κ2) is 11.3. The van der Waals surface area contributed by atoms with Gasteiger partial charge in [-0.15, -0.1) is 0 Å². The van der Waals surface area contributed by atoms with Crippen LogP contribution in [-0.2, 0) is 5.41 Å². The first kappa shape index (κ1) is 30.7. The van der Waals surface area contributed by atoms with E-state index in [2.05, 4.69) is 180 Å². The van der Waals surface area contributed by atoms with Crippen LogP contribution in [0.25, 0.3) is 82.4 Å². The van der Waals surface area contributed by atoms with E-state index in [1.807, 2.05) is 12.4 Å². The quantitative estimate of drug-likeness (QED) is 0.172. The first-order chi connectivity index (χ1) is 26.4. The number of pyridine rings is 2. The van der Waals surface area contributed by atoms with Crippen molar-refractivity contribution in [1.82, 2.24) is 23.5 Å². The molecule has 0 aliphatic rings. The summed E-state index contributed by atoms with van der Waals surface area (Å²) in [6, 6.07) is 49.5. The molecule has 258 valence electrons. The van der Waals surface area contributed by atoms with Gasteiger partial charge in [0.15, 0.2) is 0 Å². The molecule has 0 radical (unpaired) electrons. The molecule has 6 nitrogen and oxygen atoms in total. The van der Waals surface area contributed by atoms with Crippen LogP contribution < -0.4 is 4.74 Å². The van der Waals surface area contributed by atoms with Crippen molar-refractivity contribution in [2.75, 3.05) is 0 Å². The zero-order chi connectivity index (χ0) is 36.1. The van der Waals surface area contributed by atoms with E-state index in [-0.39, 0.29) is 5.41 Å². The molecule has 0 amide bonds. The number of para-hydroxylation sites is 3. The lowest BCUT2D eigenvalue weighted by atomic mass is 9.88. The molecule has 0 fully saturated rings. The van der Waals surface area contributed by atoms with Crippen molar-refractivity contribution in [3.63, 3.8) is 0 Å². The van der Waals surface area contributed by atoms with Crippen molar-refractivity contribution in [3.8, 4) is 23.0 Å². The molecule has 0 bridgehead atoms. The zero-order valence-corrected chi connectivity index (χ0v) is 30.2. The van der Waals surface area contributed by atoms with Crippen LogP contribution in [0.15, 0.2) is 158 Å². The number of benzene rings is 6. The average Bonchev–Trinajstić information content (AvgIpc) is 3.90. The van der Waals surface area contributed by atoms with Crippen LogP contribution in [0.2, 0.25) is 0 Å². The molecular formula is C48H35N5O. The Balaban J connectivity index is 1.08. The largest absolute Gasteiger partial charge is 0.457 e. The van der Waals surface area contributed by atoms with Gasteiger partial charge in [-0.25, -0.2) is 9.97 Å². The normalized spacial score (nSPS) is 12.4. The van der Waals surface area contributed by atoms with Crippen molar-refractivity contribution in [1.29, 1.82) is 0 Å². The first-order valence-corrected chi connectivity index (χ1v) is 18.4. The second-order valence-electron chi connectivity index (χ2n) is 15.2. The second-order valence-corrected chi connectivity index (χ2v) is 15.2. The smallest absolute Gasteiger partial charge is 0.145 e. The fraction of sp³-hybridized carbons (Fsp3) is 0.0833. The van der Waals surface area contributed by atoms with E-state index < -0.39 is 0 Å². The highest BCUT2D eigenvalue weighted by atomic mass is 16.5. The van der Waals surface area contributed by atoms with Crippen molar-refractivity contribution < 1.29 is 4.74 Å². The summed E-state index contributed by atoms with van der Waals surface area (Å²) in [6.07, 6.45) is 5.86. The monoisotopic (exact) mass is 697 g/mol. The molecule has 11 aromatic rings. The van der Waals surface area contributed by atoms with Crippen LogP contribution in [0.4, 0.5) is 0 Å². The molecule has 0 saturated carbocycles. The Labute approximate surface area is 311 Å². The van der Waals surface area contributed by atoms with E-state index in [1.165, 1.54) is 32.8 Å². The minimum Gasteiger partial charge on any atom is -0.457 e. The van der Waals surface area contributed by atoms with Crippen LogP contribution in [0.5, 0.6) is 11.5 Å². The molecule has 0 spiro atoms. The van der Waals surface area contributed by atoms with Gasteiger partial charge in [-0.3, -0.25) is 8.97 Å². The average molecular weight is 698 g/mol. The van der Waals surface area contributed by atoms with E-state index in [4.69, 9.17) is 14.7 Å². The Morgan fingerprint density at radius 1 is 0.463 bits per heavy atom. The van der Waals surface area contributed by atoms with Gasteiger partial charge in [0.1, 0.15) is 23.0 Å². The van der Waals surface area contributed by atoms with Crippen molar-refractivity contribution in [3.05, 3.63) is 164 Å². The maximum absolute atomic E-state index is 6.71. The summed E-state index contributed by atoms with van der Waals surface area (Å²) >= 11 is 0. The molecule has 0 aliphatic carbocycles. The lowest BCUT2D eigenvalue weighted by molar-refractivity contribution is 0.484. The Morgan fingerprint density at radius 3 is 1.89 bits per heavy atom. The van der Waals surface area contributed by atoms with E-state index in [9.17, 15) is 0 Å². The summed E-state index contributed by atoms with van der Waals surface area (Å²) < 4.78 is 13.5. The van der Waals surface area contributed by atoms with Crippen LogP contribution in [-0.4, -0.2) is 23.5 Å². The van der Waals surface area contributed by atoms with Gasteiger partial charge < -0.3 is 9.30 Å². The summed E-state index contributed by atoms with van der Waals surface area (Å²) in [5, 5.41) is 8.10. The number of nitrogens with zero attached hydrogens (tertiary/aromatic N) is 5. The lowest BCUT2D eigenvalue weighted by Crippen LogP contribution is -2.12. The SMILES string of the molecule is CC(C)(C)c1ccnc(-n2c3ccccc3c3ccc(Oc4ccc5c6cc7c(cc6n6ccnc6c5c4)c4ccccc4n7-c4ccccc4)cc32)c1. The Morgan fingerprint density at radius 2 is 1.09 bits per heavy atom. The number of rotatable bonds is 4. The first-order valence-electron chi connectivity index (χ1n) is 18.4. The summed E-state index contributed by atoms with van der Waals surface area (Å²) in [6.45, 7) is 6.70. The number of ether oxygens (including phenoxy) is 1. The van der Waals surface area contributed by atoms with Gasteiger partial charge in [-0.1, -0.05) is 75.4 Å². The van der Waals surface area contributed by atoms with Crippen molar-refractivity contribution in [2.24, 2.45) is 0 Å². The van der Waals surface area contributed by atoms with Crippen molar-refractivity contribution in [2.45, 2.75) is 26.2 Å². The van der Waals surface area contributed by atoms with E-state index in [0.29, 0.717) is 0 Å². The Kier molecular flexibility index (Phi) is 6.41. The lowest BCUT2D eigenvalue weighted by Gasteiger charge is -2.20. The highest BCUT2D eigenvalue weighted by Gasteiger charge is 2.20. The Bertz CT molecular complexity index is 3290. The molecule has 0 saturated heterocycles. The van der Waals surface area contributed by atoms with Gasteiger partial charge in [0.25, 0.3) is 0 Å². The number of hydrogen-bond donors (Lipinski definition) is 0. The van der Waals surface area contributed by atoms with E-state index in [1.54, 1.807) is 0 Å². The van der Waals surface area contributed by atoms with E-state index in [0.717, 1.165) is 66.7 Å². The summed E-state index contributed by atoms with van der Waals surface area (Å²) in [7, 11) is 0. The molecule has 11 rings (SSSR count). The fourth-order valence-electron chi connectivity index (χ4n) is 8.38. The van der Waals surface area contributed by atoms with E-state index >= 15 is 0 Å². The standard InChI is InChI=1S/C48H35N5O/c1-48(2,3)30-21-22-49-46(25-30)53-42-16-10-7-13-35(42)37-20-18-33(27-44(37)53)54-32-17-19-34-38-29-45-39(28-43(38)51-24-23-50-47(51)40(34)26-32)36-14-8-9-15-41(36)52(45)31-11-5-4-6-12-31/h4-29H,1-3H3. The van der Waals surface area contributed by atoms with Gasteiger partial charge >= 0.3 is 0 Å². The molecule has 0 aliphatic heterocycles. The molecule has 0 atom stereocenters. The molecule has 6 aromatic carbocycles. The predicted octanol–water partition coefficient (Wildman–Crippen LogP) is 12.3. The van der Waals surface area contributed by atoms with Crippen LogP contribution in [0, 0.1) is 0 Å². The summed E-state index contributed by atoms with van der Waals surface area (Å²) in [4.78, 5) is 9.72.